The Kier molecular flexibility index (Phi) is 5.24. The molecule has 0 atom stereocenters. The largest absolute Gasteiger partial charge is 0.496 e. The zero-order valence-corrected chi connectivity index (χ0v) is 12.9. The van der Waals surface area contributed by atoms with Gasteiger partial charge in [-0.25, -0.2) is 9.78 Å². The van der Waals surface area contributed by atoms with E-state index in [1.165, 1.54) is 31.6 Å². The predicted molar refractivity (Wildman–Crippen MR) is 82.8 cm³/mol. The number of benzene rings is 1. The third-order valence-electron chi connectivity index (χ3n) is 3.23. The van der Waals surface area contributed by atoms with Crippen LogP contribution in [0.25, 0.3) is 0 Å². The highest BCUT2D eigenvalue weighted by Crippen LogP contribution is 2.20. The number of nitrogens with one attached hydrogen (secondary N) is 1. The Bertz CT molecular complexity index is 714. The maximum absolute atomic E-state index is 11.9. The molecule has 0 fully saturated rings. The lowest BCUT2D eigenvalue weighted by Gasteiger charge is -2.10. The van der Waals surface area contributed by atoms with Gasteiger partial charge in [0.2, 0.25) is 0 Å². The van der Waals surface area contributed by atoms with Crippen molar-refractivity contribution in [2.24, 2.45) is 0 Å². The van der Waals surface area contributed by atoms with E-state index in [0.29, 0.717) is 18.7 Å². The summed E-state index contributed by atoms with van der Waals surface area (Å²) >= 11 is 0. The lowest BCUT2D eigenvalue weighted by Crippen LogP contribution is -2.26. The molecule has 0 radical (unpaired) electrons. The van der Waals surface area contributed by atoms with Gasteiger partial charge in [0.05, 0.1) is 24.6 Å². The average Bonchev–Trinajstić information content (AvgIpc) is 2.55. The van der Waals surface area contributed by atoms with Crippen molar-refractivity contribution in [3.05, 3.63) is 53.1 Å². The van der Waals surface area contributed by atoms with Gasteiger partial charge in [-0.2, -0.15) is 0 Å². The Morgan fingerprint density at radius 1 is 1.26 bits per heavy atom. The van der Waals surface area contributed by atoms with Crippen molar-refractivity contribution in [1.82, 2.24) is 15.3 Å². The number of amides is 1. The molecule has 0 saturated carbocycles. The molecule has 7 nitrogen and oxygen atoms in total. The van der Waals surface area contributed by atoms with Gasteiger partial charge in [0, 0.05) is 12.7 Å². The van der Waals surface area contributed by atoms with E-state index in [1.54, 1.807) is 13.0 Å². The highest BCUT2D eigenvalue weighted by atomic mass is 16.5. The van der Waals surface area contributed by atoms with E-state index < -0.39 is 5.97 Å². The number of aromatic nitrogens is 2. The third kappa shape index (κ3) is 4.26. The van der Waals surface area contributed by atoms with Crippen LogP contribution in [0, 0.1) is 6.92 Å². The van der Waals surface area contributed by atoms with E-state index in [4.69, 9.17) is 9.84 Å². The van der Waals surface area contributed by atoms with Gasteiger partial charge in [-0.3, -0.25) is 9.78 Å². The van der Waals surface area contributed by atoms with E-state index >= 15 is 0 Å². The van der Waals surface area contributed by atoms with Gasteiger partial charge in [0.25, 0.3) is 5.91 Å². The Balaban J connectivity index is 1.97. The zero-order valence-electron chi connectivity index (χ0n) is 12.9. The molecule has 0 aliphatic heterocycles. The van der Waals surface area contributed by atoms with Gasteiger partial charge in [-0.15, -0.1) is 0 Å². The smallest absolute Gasteiger partial charge is 0.335 e. The molecule has 1 heterocycles. The van der Waals surface area contributed by atoms with E-state index in [9.17, 15) is 9.59 Å². The summed E-state index contributed by atoms with van der Waals surface area (Å²) in [4.78, 5) is 30.9. The van der Waals surface area contributed by atoms with Crippen LogP contribution in [0.5, 0.6) is 5.75 Å². The first-order valence-corrected chi connectivity index (χ1v) is 6.98. The lowest BCUT2D eigenvalue weighted by atomic mass is 10.1. The minimum atomic E-state index is -1.01. The van der Waals surface area contributed by atoms with Crippen LogP contribution in [0.4, 0.5) is 0 Å². The number of carbonyl (C=O) groups excluding carboxylic acids is 1. The van der Waals surface area contributed by atoms with E-state index in [1.807, 2.05) is 0 Å². The van der Waals surface area contributed by atoms with Crippen LogP contribution in [0.3, 0.4) is 0 Å². The average molecular weight is 315 g/mol. The Hall–Kier alpha value is -2.96. The molecule has 23 heavy (non-hydrogen) atoms. The van der Waals surface area contributed by atoms with Crippen LogP contribution in [0.1, 0.15) is 32.1 Å². The molecule has 0 saturated heterocycles. The number of aryl methyl sites for hydroxylation is 1. The van der Waals surface area contributed by atoms with E-state index in [-0.39, 0.29) is 17.2 Å². The predicted octanol–water partition coefficient (Wildman–Crippen LogP) is 1.46. The molecule has 0 aliphatic carbocycles. The molecule has 1 aromatic carbocycles. The van der Waals surface area contributed by atoms with Gasteiger partial charge < -0.3 is 15.2 Å². The van der Waals surface area contributed by atoms with Crippen molar-refractivity contribution >= 4 is 11.9 Å². The Labute approximate surface area is 133 Å². The summed E-state index contributed by atoms with van der Waals surface area (Å²) in [6, 6.07) is 4.65. The normalized spacial score (nSPS) is 10.2. The van der Waals surface area contributed by atoms with Crippen molar-refractivity contribution in [3.63, 3.8) is 0 Å². The number of nitrogens with zero attached hydrogens (tertiary/aromatic N) is 2. The fourth-order valence-corrected chi connectivity index (χ4v) is 2.00. The number of aromatic carboxylic acids is 1. The fraction of sp³-hybridized carbons (Fsp3) is 0.250. The SMILES string of the molecule is COc1cc(C(=O)O)ccc1CCNC(=O)c1cnc(C)cn1. The highest BCUT2D eigenvalue weighted by molar-refractivity contribution is 5.91. The van der Waals surface area contributed by atoms with Gasteiger partial charge in [-0.05, 0) is 31.0 Å². The molecule has 0 bridgehead atoms. The maximum atomic E-state index is 11.9. The Morgan fingerprint density at radius 3 is 2.65 bits per heavy atom. The monoisotopic (exact) mass is 315 g/mol. The summed E-state index contributed by atoms with van der Waals surface area (Å²) in [5.41, 5.74) is 1.96. The van der Waals surface area contributed by atoms with E-state index in [2.05, 4.69) is 15.3 Å². The molecule has 0 aliphatic rings. The van der Waals surface area contributed by atoms with Gasteiger partial charge in [0.15, 0.2) is 0 Å². The molecule has 1 amide bonds. The molecule has 0 spiro atoms. The zero-order chi connectivity index (χ0) is 16.8. The van der Waals surface area contributed by atoms with Crippen LogP contribution < -0.4 is 10.1 Å². The first-order chi connectivity index (χ1) is 11.0. The molecule has 2 rings (SSSR count). The second-order valence-corrected chi connectivity index (χ2v) is 4.88. The summed E-state index contributed by atoms with van der Waals surface area (Å²) in [5.74, 6) is -0.839. The summed E-state index contributed by atoms with van der Waals surface area (Å²) in [6.45, 7) is 2.17. The molecule has 2 aromatic rings. The van der Waals surface area contributed by atoms with Crippen molar-refractivity contribution in [2.45, 2.75) is 13.3 Å². The number of carboxylic acids is 1. The summed E-state index contributed by atoms with van der Waals surface area (Å²) in [6.07, 6.45) is 3.46. The molecule has 0 unspecified atom stereocenters. The minimum absolute atomic E-state index is 0.157. The van der Waals surface area contributed by atoms with Crippen molar-refractivity contribution in [2.75, 3.05) is 13.7 Å². The third-order valence-corrected chi connectivity index (χ3v) is 3.23. The van der Waals surface area contributed by atoms with Crippen molar-refractivity contribution < 1.29 is 19.4 Å². The Morgan fingerprint density at radius 2 is 2.04 bits per heavy atom. The molecular formula is C16H17N3O4. The molecule has 120 valence electrons. The summed E-state index contributed by atoms with van der Waals surface area (Å²) in [7, 11) is 1.48. The second kappa shape index (κ2) is 7.35. The summed E-state index contributed by atoms with van der Waals surface area (Å²) in [5, 5.41) is 11.7. The maximum Gasteiger partial charge on any atom is 0.335 e. The van der Waals surface area contributed by atoms with Crippen molar-refractivity contribution in [3.8, 4) is 5.75 Å². The minimum Gasteiger partial charge on any atom is -0.496 e. The molecule has 2 N–H and O–H groups in total. The quantitative estimate of drug-likeness (QED) is 0.837. The highest BCUT2D eigenvalue weighted by Gasteiger charge is 2.10. The number of methoxy groups -OCH3 is 1. The number of hydrogen-bond donors (Lipinski definition) is 2. The molecule has 1 aromatic heterocycles. The van der Waals surface area contributed by atoms with Crippen LogP contribution in [-0.4, -0.2) is 40.6 Å². The lowest BCUT2D eigenvalue weighted by molar-refractivity contribution is 0.0696. The summed E-state index contributed by atoms with van der Waals surface area (Å²) < 4.78 is 5.19. The molecular weight excluding hydrogens is 298 g/mol. The van der Waals surface area contributed by atoms with Gasteiger partial charge in [-0.1, -0.05) is 6.07 Å². The van der Waals surface area contributed by atoms with Gasteiger partial charge in [0.1, 0.15) is 11.4 Å². The topological polar surface area (TPSA) is 101 Å². The van der Waals surface area contributed by atoms with Crippen molar-refractivity contribution in [1.29, 1.82) is 0 Å². The second-order valence-electron chi connectivity index (χ2n) is 4.88. The number of hydrogen-bond acceptors (Lipinski definition) is 5. The first kappa shape index (κ1) is 16.4. The van der Waals surface area contributed by atoms with Crippen LogP contribution in [-0.2, 0) is 6.42 Å². The number of carbonyl (C=O) groups is 2. The van der Waals surface area contributed by atoms with Crippen LogP contribution in [0.2, 0.25) is 0 Å². The first-order valence-electron chi connectivity index (χ1n) is 6.98. The number of rotatable bonds is 6. The fourth-order valence-electron chi connectivity index (χ4n) is 2.00. The van der Waals surface area contributed by atoms with E-state index in [0.717, 1.165) is 11.3 Å². The molecule has 7 heteroatoms. The van der Waals surface area contributed by atoms with Crippen LogP contribution >= 0.6 is 0 Å². The standard InChI is InChI=1S/C16H17N3O4/c1-10-8-19-13(9-18-10)15(20)17-6-5-11-3-4-12(16(21)22)7-14(11)23-2/h3-4,7-9H,5-6H2,1-2H3,(H,17,20)(H,21,22). The number of ether oxygens (including phenoxy) is 1. The van der Waals surface area contributed by atoms with Gasteiger partial charge >= 0.3 is 5.97 Å². The number of carboxylic acid groups (broad SMARTS) is 1. The van der Waals surface area contributed by atoms with Crippen LogP contribution in [0.15, 0.2) is 30.6 Å².